The Balaban J connectivity index is 1.73. The Hall–Kier alpha value is -3.65. The summed E-state index contributed by atoms with van der Waals surface area (Å²) in [6.07, 6.45) is -4.52. The Morgan fingerprint density at radius 3 is 2.12 bits per heavy atom. The maximum absolute atomic E-state index is 13.6. The minimum absolute atomic E-state index is 0.285. The quantitative estimate of drug-likeness (QED) is 0.134. The Morgan fingerprint density at radius 2 is 1.49 bits per heavy atom. The highest BCUT2D eigenvalue weighted by Crippen LogP contribution is 2.32. The summed E-state index contributed by atoms with van der Waals surface area (Å²) in [6.45, 7) is 6.87. The summed E-state index contributed by atoms with van der Waals surface area (Å²) in [6, 6.07) is 26.3. The van der Waals surface area contributed by atoms with Crippen LogP contribution in [-0.2, 0) is 19.6 Å². The lowest BCUT2D eigenvalue weighted by Gasteiger charge is -2.25. The highest BCUT2D eigenvalue weighted by Gasteiger charge is 2.44. The van der Waals surface area contributed by atoms with Gasteiger partial charge in [0.1, 0.15) is 11.6 Å². The van der Waals surface area contributed by atoms with Gasteiger partial charge in [0.25, 0.3) is 0 Å². The van der Waals surface area contributed by atoms with E-state index in [0.29, 0.717) is 18.7 Å². The van der Waals surface area contributed by atoms with Crippen LogP contribution in [0.2, 0.25) is 0 Å². The first-order valence-electron chi connectivity index (χ1n) is 14.2. The molecule has 1 aromatic heterocycles. The maximum atomic E-state index is 13.6. The lowest BCUT2D eigenvalue weighted by molar-refractivity contribution is -0.253. The molecule has 0 saturated carbocycles. The number of rotatable bonds is 15. The van der Waals surface area contributed by atoms with Crippen molar-refractivity contribution in [3.63, 3.8) is 0 Å². The van der Waals surface area contributed by atoms with E-state index in [2.05, 4.69) is 52.3 Å². The van der Waals surface area contributed by atoms with Crippen LogP contribution < -0.4 is 4.74 Å². The van der Waals surface area contributed by atoms with Crippen LogP contribution in [0.1, 0.15) is 50.8 Å². The maximum Gasteiger partial charge on any atom is 0.461 e. The van der Waals surface area contributed by atoms with Gasteiger partial charge in [0.2, 0.25) is 0 Å². The topological polar surface area (TPSA) is 30.3 Å². The zero-order valence-electron chi connectivity index (χ0n) is 23.6. The van der Waals surface area contributed by atoms with Gasteiger partial charge in [-0.05, 0) is 37.1 Å². The van der Waals surface area contributed by atoms with E-state index in [1.165, 1.54) is 12.1 Å². The number of hydrogen-bond donors (Lipinski definition) is 0. The smallest absolute Gasteiger partial charge is 0.428 e. The van der Waals surface area contributed by atoms with Crippen LogP contribution in [-0.4, -0.2) is 33.5 Å². The second kappa shape index (κ2) is 14.3. The summed E-state index contributed by atoms with van der Waals surface area (Å²) in [5.41, 5.74) is 4.76. The summed E-state index contributed by atoms with van der Waals surface area (Å²) in [5.74, 6) is 0.625. The molecule has 1 heterocycles. The van der Waals surface area contributed by atoms with E-state index in [1.54, 1.807) is 12.1 Å². The molecule has 0 radical (unpaired) electrons. The van der Waals surface area contributed by atoms with E-state index in [4.69, 9.17) is 4.98 Å². The molecule has 0 saturated heterocycles. The van der Waals surface area contributed by atoms with Crippen LogP contribution in [0.5, 0.6) is 5.75 Å². The van der Waals surface area contributed by atoms with Crippen molar-refractivity contribution in [1.82, 2.24) is 14.5 Å². The van der Waals surface area contributed by atoms with Crippen molar-refractivity contribution in [2.45, 2.75) is 71.7 Å². The molecule has 4 nitrogen and oxygen atoms in total. The molecular weight excluding hydrogens is 530 g/mol. The molecule has 41 heavy (non-hydrogen) atoms. The van der Waals surface area contributed by atoms with E-state index in [9.17, 15) is 17.6 Å². The van der Waals surface area contributed by atoms with Crippen LogP contribution in [0.25, 0.3) is 22.6 Å². The average molecular weight is 568 g/mol. The molecule has 0 aliphatic rings. The first-order valence-corrected chi connectivity index (χ1v) is 14.2. The summed E-state index contributed by atoms with van der Waals surface area (Å²) >= 11 is 0. The van der Waals surface area contributed by atoms with Crippen molar-refractivity contribution in [3.8, 4) is 28.4 Å². The molecule has 0 aliphatic heterocycles. The monoisotopic (exact) mass is 567 g/mol. The number of nitrogens with zero attached hydrogens (tertiary/aromatic N) is 3. The van der Waals surface area contributed by atoms with Gasteiger partial charge in [-0.1, -0.05) is 99.5 Å². The van der Waals surface area contributed by atoms with Crippen molar-refractivity contribution < 1.29 is 22.3 Å². The third kappa shape index (κ3) is 7.97. The van der Waals surface area contributed by atoms with Gasteiger partial charge in [-0.25, -0.2) is 4.98 Å². The molecule has 0 N–H and O–H groups in total. The van der Waals surface area contributed by atoms with Crippen molar-refractivity contribution in [3.05, 3.63) is 96.2 Å². The van der Waals surface area contributed by atoms with E-state index >= 15 is 0 Å². The molecule has 8 heteroatoms. The molecule has 0 spiro atoms. The number of aromatic nitrogens is 2. The molecule has 0 unspecified atom stereocenters. The van der Waals surface area contributed by atoms with Gasteiger partial charge < -0.3 is 9.30 Å². The largest absolute Gasteiger partial charge is 0.461 e. The third-order valence-corrected chi connectivity index (χ3v) is 6.90. The fourth-order valence-electron chi connectivity index (χ4n) is 4.81. The molecule has 3 aromatic carbocycles. The van der Waals surface area contributed by atoms with E-state index in [-0.39, 0.29) is 5.75 Å². The lowest BCUT2D eigenvalue weighted by atomic mass is 10.1. The predicted molar refractivity (Wildman–Crippen MR) is 155 cm³/mol. The van der Waals surface area contributed by atoms with Gasteiger partial charge in [-0.15, -0.1) is 0 Å². The SMILES string of the molecule is CCCCN(Cc1cccc(OC(F)(F)C(F)F)c1)Cc1c(-c2ccccc2)nc(-c2ccccc2)n1CCCC. The number of ether oxygens (including phenoxy) is 1. The highest BCUT2D eigenvalue weighted by molar-refractivity contribution is 5.68. The van der Waals surface area contributed by atoms with Crippen LogP contribution in [0.15, 0.2) is 84.9 Å². The van der Waals surface area contributed by atoms with Crippen LogP contribution in [0.4, 0.5) is 17.6 Å². The van der Waals surface area contributed by atoms with Gasteiger partial charge >= 0.3 is 12.5 Å². The second-order valence-electron chi connectivity index (χ2n) is 10.1. The zero-order chi connectivity index (χ0) is 29.2. The molecular formula is C33H37F4N3O. The van der Waals surface area contributed by atoms with Crippen molar-refractivity contribution in [1.29, 1.82) is 0 Å². The fraction of sp³-hybridized carbons (Fsp3) is 0.364. The predicted octanol–water partition coefficient (Wildman–Crippen LogP) is 9.06. The number of alkyl halides is 4. The first-order chi connectivity index (χ1) is 19.8. The molecule has 4 aromatic rings. The van der Waals surface area contributed by atoms with Crippen molar-refractivity contribution >= 4 is 0 Å². The Morgan fingerprint density at radius 1 is 0.829 bits per heavy atom. The lowest BCUT2D eigenvalue weighted by Crippen LogP contribution is -2.33. The number of hydrogen-bond acceptors (Lipinski definition) is 3. The first kappa shape index (κ1) is 30.3. The number of benzene rings is 3. The molecule has 0 amide bonds. The molecule has 4 rings (SSSR count). The minimum atomic E-state index is -4.55. The number of unbranched alkanes of at least 4 members (excludes halogenated alkanes) is 2. The highest BCUT2D eigenvalue weighted by atomic mass is 19.3. The fourth-order valence-corrected chi connectivity index (χ4v) is 4.81. The Bertz CT molecular complexity index is 1360. The second-order valence-corrected chi connectivity index (χ2v) is 10.1. The van der Waals surface area contributed by atoms with Crippen LogP contribution >= 0.6 is 0 Å². The van der Waals surface area contributed by atoms with E-state index in [1.807, 2.05) is 36.4 Å². The van der Waals surface area contributed by atoms with Gasteiger partial charge in [0.05, 0.1) is 11.4 Å². The van der Waals surface area contributed by atoms with E-state index in [0.717, 1.165) is 67.1 Å². The molecule has 0 aliphatic carbocycles. The van der Waals surface area contributed by atoms with Crippen molar-refractivity contribution in [2.24, 2.45) is 0 Å². The summed E-state index contributed by atoms with van der Waals surface area (Å²) in [7, 11) is 0. The third-order valence-electron chi connectivity index (χ3n) is 6.90. The number of halogens is 4. The van der Waals surface area contributed by atoms with Crippen LogP contribution in [0, 0.1) is 0 Å². The van der Waals surface area contributed by atoms with Crippen LogP contribution in [0.3, 0.4) is 0 Å². The van der Waals surface area contributed by atoms with Gasteiger partial charge in [-0.2, -0.15) is 17.6 Å². The summed E-state index contributed by atoms with van der Waals surface area (Å²) in [4.78, 5) is 7.44. The molecule has 0 bridgehead atoms. The number of imidazole rings is 1. The Kier molecular flexibility index (Phi) is 10.6. The summed E-state index contributed by atoms with van der Waals surface area (Å²) < 4.78 is 59.3. The minimum Gasteiger partial charge on any atom is -0.428 e. The van der Waals surface area contributed by atoms with E-state index < -0.39 is 12.5 Å². The molecule has 0 atom stereocenters. The standard InChI is InChI=1S/C33H37F4N3O/c1-3-5-20-39(23-25-14-13-19-28(22-25)41-33(36,37)32(34)35)24-29-30(26-15-9-7-10-16-26)38-31(40(29)21-6-4-2)27-17-11-8-12-18-27/h7-19,22,32H,3-6,20-21,23-24H2,1-2H3. The van der Waals surface area contributed by atoms with Gasteiger partial charge in [-0.3, -0.25) is 4.90 Å². The van der Waals surface area contributed by atoms with Gasteiger partial charge in [0, 0.05) is 30.8 Å². The molecule has 218 valence electrons. The summed E-state index contributed by atoms with van der Waals surface area (Å²) in [5, 5.41) is 0. The average Bonchev–Trinajstić information content (AvgIpc) is 3.33. The molecule has 0 fully saturated rings. The van der Waals surface area contributed by atoms with Gasteiger partial charge in [0.15, 0.2) is 0 Å². The Labute approximate surface area is 239 Å². The normalized spacial score (nSPS) is 11.9. The van der Waals surface area contributed by atoms with Crippen molar-refractivity contribution in [2.75, 3.05) is 6.54 Å². The zero-order valence-corrected chi connectivity index (χ0v) is 23.6.